The third-order valence-corrected chi connectivity index (χ3v) is 3.43. The lowest BCUT2D eigenvalue weighted by Gasteiger charge is -2.21. The minimum atomic E-state index is -4.92. The minimum Gasteiger partial charge on any atom is -0.726 e. The van der Waals surface area contributed by atoms with Crippen molar-refractivity contribution in [3.05, 3.63) is 35.9 Å². The van der Waals surface area contributed by atoms with Gasteiger partial charge in [0.2, 0.25) is 22.3 Å². The molecule has 2 rings (SSSR count). The van der Waals surface area contributed by atoms with Gasteiger partial charge in [-0.2, -0.15) is 15.0 Å². The molecule has 12 heteroatoms. The van der Waals surface area contributed by atoms with Crippen molar-refractivity contribution in [2.75, 3.05) is 35.3 Å². The van der Waals surface area contributed by atoms with Crippen LogP contribution in [0.25, 0.3) is 0 Å². The van der Waals surface area contributed by atoms with Crippen LogP contribution in [0.4, 0.5) is 17.8 Å². The summed E-state index contributed by atoms with van der Waals surface area (Å²) >= 11 is 0. The van der Waals surface area contributed by atoms with E-state index in [-0.39, 0.29) is 1.43 Å². The molecule has 0 aliphatic heterocycles. The average molecular weight is 443 g/mol. The second kappa shape index (κ2) is 13.6. The molecule has 11 nitrogen and oxygen atoms in total. The van der Waals surface area contributed by atoms with Gasteiger partial charge in [0.15, 0.2) is 0 Å². The summed E-state index contributed by atoms with van der Waals surface area (Å²) in [6.07, 6.45) is 2.00. The monoisotopic (exact) mass is 442 g/mol. The fraction of sp³-hybridized carbons (Fsp3) is 0.500. The molecule has 0 saturated heterocycles. The van der Waals surface area contributed by atoms with Crippen LogP contribution in [-0.2, 0) is 21.8 Å². The van der Waals surface area contributed by atoms with Crippen LogP contribution in [0, 0.1) is 0 Å². The van der Waals surface area contributed by atoms with Crippen molar-refractivity contribution in [2.45, 2.75) is 40.2 Å². The van der Waals surface area contributed by atoms with Gasteiger partial charge in [0.1, 0.15) is 6.61 Å². The van der Waals surface area contributed by atoms with E-state index in [1.807, 2.05) is 37.3 Å². The number of hydrogen-bond donors (Lipinski definition) is 3. The fourth-order valence-corrected chi connectivity index (χ4v) is 2.13. The molecular weight excluding hydrogens is 412 g/mol. The minimum absolute atomic E-state index is 0. The van der Waals surface area contributed by atoms with Gasteiger partial charge in [-0.25, -0.2) is 13.5 Å². The number of aromatic nitrogens is 3. The zero-order valence-electron chi connectivity index (χ0n) is 18.4. The summed E-state index contributed by atoms with van der Waals surface area (Å²) in [5.41, 5.74) is 1.10. The Hall–Kier alpha value is -2.54. The fourth-order valence-electron chi connectivity index (χ4n) is 2.13. The Labute approximate surface area is 178 Å². The number of benzene rings is 1. The molecule has 1 heterocycles. The van der Waals surface area contributed by atoms with E-state index in [4.69, 9.17) is 22.4 Å². The van der Waals surface area contributed by atoms with Gasteiger partial charge in [-0.3, -0.25) is 9.39 Å². The molecule has 30 heavy (non-hydrogen) atoms. The molecule has 0 saturated carbocycles. The Morgan fingerprint density at radius 3 is 1.97 bits per heavy atom. The molecule has 1 aromatic carbocycles. The van der Waals surface area contributed by atoms with Gasteiger partial charge in [0.05, 0.1) is 0 Å². The highest BCUT2D eigenvalue weighted by Gasteiger charge is 2.13. The van der Waals surface area contributed by atoms with E-state index in [1.54, 1.807) is 5.06 Å². The largest absolute Gasteiger partial charge is 1.00 e. The molecule has 0 spiro atoms. The highest BCUT2D eigenvalue weighted by molar-refractivity contribution is 7.79. The first kappa shape index (κ1) is 25.5. The zero-order chi connectivity index (χ0) is 22.4. The molecule has 0 radical (unpaired) electrons. The van der Waals surface area contributed by atoms with Gasteiger partial charge in [-0.15, -0.1) is 0 Å². The van der Waals surface area contributed by atoms with Gasteiger partial charge < -0.3 is 15.2 Å². The third kappa shape index (κ3) is 11.5. The van der Waals surface area contributed by atoms with E-state index in [9.17, 15) is 0 Å². The van der Waals surface area contributed by atoms with E-state index >= 15 is 0 Å². The van der Waals surface area contributed by atoms with Gasteiger partial charge in [0.25, 0.3) is 5.95 Å². The van der Waals surface area contributed by atoms with Crippen LogP contribution in [0.2, 0.25) is 0 Å². The summed E-state index contributed by atoms with van der Waals surface area (Å²) in [6.45, 7) is 8.95. The number of hydroxylamine groups is 1. The second-order valence-electron chi connectivity index (χ2n) is 6.02. The van der Waals surface area contributed by atoms with E-state index in [2.05, 4.69) is 39.4 Å². The van der Waals surface area contributed by atoms with Gasteiger partial charge in [0, 0.05) is 19.6 Å². The van der Waals surface area contributed by atoms with Crippen molar-refractivity contribution in [2.24, 2.45) is 0 Å². The van der Waals surface area contributed by atoms with Crippen LogP contribution in [0.3, 0.4) is 0 Å². The SMILES string of the molecule is CCCNc1nc(NCCC)nc(N(CC)OCc2ccccc2)n1.O=S(=O)([O-])O.[H+]. The Morgan fingerprint density at radius 1 is 1.03 bits per heavy atom. The molecule has 2 aromatic rings. The average Bonchev–Trinajstić information content (AvgIpc) is 2.70. The van der Waals surface area contributed by atoms with Crippen LogP contribution in [0.5, 0.6) is 0 Å². The molecule has 0 bridgehead atoms. The molecular formula is C18H30N6O5S. The molecule has 0 unspecified atom stereocenters. The van der Waals surface area contributed by atoms with Gasteiger partial charge in [-0.05, 0) is 25.3 Å². The van der Waals surface area contributed by atoms with Crippen molar-refractivity contribution >= 4 is 28.2 Å². The first-order valence-corrected chi connectivity index (χ1v) is 11.0. The predicted octanol–water partition coefficient (Wildman–Crippen LogP) is 2.59. The van der Waals surface area contributed by atoms with Crippen LogP contribution < -0.4 is 15.7 Å². The van der Waals surface area contributed by atoms with Crippen LogP contribution >= 0.6 is 0 Å². The highest BCUT2D eigenvalue weighted by atomic mass is 32.3. The molecule has 0 amide bonds. The summed E-state index contributed by atoms with van der Waals surface area (Å²) < 4.78 is 32.8. The summed E-state index contributed by atoms with van der Waals surface area (Å²) in [4.78, 5) is 19.3. The zero-order valence-corrected chi connectivity index (χ0v) is 18.2. The topological polar surface area (TPSA) is 153 Å². The van der Waals surface area contributed by atoms with Gasteiger partial charge in [-0.1, -0.05) is 44.2 Å². The number of hydrogen-bond acceptors (Lipinski definition) is 10. The Morgan fingerprint density at radius 2 is 1.53 bits per heavy atom. The molecule has 0 atom stereocenters. The first-order valence-electron chi connectivity index (χ1n) is 9.63. The molecule has 168 valence electrons. The normalized spacial score (nSPS) is 10.7. The maximum Gasteiger partial charge on any atom is 1.00 e. The van der Waals surface area contributed by atoms with Crippen LogP contribution in [0.1, 0.15) is 40.6 Å². The predicted molar refractivity (Wildman–Crippen MR) is 115 cm³/mol. The Balaban J connectivity index is 0.00000135. The number of nitrogens with one attached hydrogen (secondary N) is 2. The molecule has 1 aromatic heterocycles. The first-order chi connectivity index (χ1) is 14.3. The maximum atomic E-state index is 8.63. The smallest absolute Gasteiger partial charge is 0.726 e. The summed E-state index contributed by atoms with van der Waals surface area (Å²) in [7, 11) is -4.92. The van der Waals surface area contributed by atoms with E-state index < -0.39 is 10.4 Å². The van der Waals surface area contributed by atoms with Crippen LogP contribution in [0.15, 0.2) is 30.3 Å². The Bertz CT molecular complexity index is 810. The molecule has 0 aliphatic carbocycles. The lowest BCUT2D eigenvalue weighted by molar-refractivity contribution is 0.0936. The molecule has 0 fully saturated rings. The van der Waals surface area contributed by atoms with E-state index in [0.717, 1.165) is 31.5 Å². The summed E-state index contributed by atoms with van der Waals surface area (Å²) in [6, 6.07) is 10.0. The van der Waals surface area contributed by atoms with Crippen molar-refractivity contribution in [1.29, 1.82) is 0 Å². The quantitative estimate of drug-likeness (QED) is 0.267. The van der Waals surface area contributed by atoms with E-state index in [1.165, 1.54) is 0 Å². The Kier molecular flexibility index (Phi) is 11.6. The van der Waals surface area contributed by atoms with E-state index in [0.29, 0.717) is 31.0 Å². The number of anilines is 3. The van der Waals surface area contributed by atoms with Crippen molar-refractivity contribution in [3.8, 4) is 0 Å². The standard InChI is InChI=1S/C18H28N6O.H2O4S/c1-4-12-19-16-21-17(20-13-5-2)23-18(22-16)24(6-3)25-14-15-10-8-7-9-11-15;1-5(2,3)4/h7-11H,4-6,12-14H2,1-3H3,(H2,19,20,21,22,23);(H2,1,2,3,4). The molecule has 0 aliphatic rings. The lowest BCUT2D eigenvalue weighted by Crippen LogP contribution is -2.26. The second-order valence-corrected chi connectivity index (χ2v) is 6.87. The summed E-state index contributed by atoms with van der Waals surface area (Å²) in [5.74, 6) is 1.63. The number of rotatable bonds is 11. The van der Waals surface area contributed by atoms with Crippen LogP contribution in [-0.4, -0.2) is 52.1 Å². The van der Waals surface area contributed by atoms with Crippen molar-refractivity contribution in [1.82, 2.24) is 15.0 Å². The lowest BCUT2D eigenvalue weighted by atomic mass is 10.2. The van der Waals surface area contributed by atoms with Gasteiger partial charge >= 0.3 is 1.43 Å². The maximum absolute atomic E-state index is 8.63. The highest BCUT2D eigenvalue weighted by Crippen LogP contribution is 2.15. The summed E-state index contributed by atoms with van der Waals surface area (Å²) in [5, 5.41) is 8.14. The molecule has 3 N–H and O–H groups in total. The van der Waals surface area contributed by atoms with Crippen molar-refractivity contribution < 1.29 is 23.8 Å². The third-order valence-electron chi connectivity index (χ3n) is 3.43. The van der Waals surface area contributed by atoms with Crippen molar-refractivity contribution in [3.63, 3.8) is 0 Å². The number of nitrogens with zero attached hydrogens (tertiary/aromatic N) is 4.